The highest BCUT2D eigenvalue weighted by Gasteiger charge is 2.16. The molecular formula is C21H20. The molecule has 0 spiro atoms. The number of rotatable bonds is 0. The Hall–Kier alpha value is -2.08. The van der Waals surface area contributed by atoms with Gasteiger partial charge in [-0.05, 0) is 55.8 Å². The highest BCUT2D eigenvalue weighted by molar-refractivity contribution is 6.23. The molecular weight excluding hydrogens is 252 g/mol. The molecule has 0 atom stereocenters. The zero-order chi connectivity index (χ0) is 14.8. The maximum absolute atomic E-state index is 2.36. The standard InChI is InChI=1S/C21H20/c1-13-9-14-5-7-16-11-18(21(2,3)4)12-17-8-6-15(10-13)19(14)20(16)17/h5-12H,1-4H3. The van der Waals surface area contributed by atoms with E-state index in [-0.39, 0.29) is 5.41 Å². The first-order valence-corrected chi connectivity index (χ1v) is 7.63. The molecule has 0 aromatic heterocycles. The topological polar surface area (TPSA) is 0 Å². The minimum atomic E-state index is 0.182. The van der Waals surface area contributed by atoms with Crippen LogP contribution in [0.4, 0.5) is 0 Å². The molecule has 0 heterocycles. The van der Waals surface area contributed by atoms with Crippen LogP contribution >= 0.6 is 0 Å². The number of hydrogen-bond acceptors (Lipinski definition) is 0. The lowest BCUT2D eigenvalue weighted by atomic mass is 9.83. The summed E-state index contributed by atoms with van der Waals surface area (Å²) in [6.07, 6.45) is 0. The summed E-state index contributed by atoms with van der Waals surface area (Å²) in [7, 11) is 0. The van der Waals surface area contributed by atoms with Gasteiger partial charge < -0.3 is 0 Å². The van der Waals surface area contributed by atoms with E-state index >= 15 is 0 Å². The molecule has 0 radical (unpaired) electrons. The Morgan fingerprint density at radius 1 is 0.619 bits per heavy atom. The maximum Gasteiger partial charge on any atom is -0.00266 e. The second kappa shape index (κ2) is 3.98. The van der Waals surface area contributed by atoms with Gasteiger partial charge in [0.1, 0.15) is 0 Å². The molecule has 21 heavy (non-hydrogen) atoms. The molecule has 0 aliphatic heterocycles. The average Bonchev–Trinajstić information content (AvgIpc) is 2.42. The summed E-state index contributed by atoms with van der Waals surface area (Å²) in [5.74, 6) is 0. The van der Waals surface area contributed by atoms with E-state index in [0.29, 0.717) is 0 Å². The third-order valence-corrected chi connectivity index (χ3v) is 4.54. The minimum absolute atomic E-state index is 0.182. The maximum atomic E-state index is 2.36. The summed E-state index contributed by atoms with van der Waals surface area (Å²) in [5, 5.41) is 8.26. The average molecular weight is 272 g/mol. The minimum Gasteiger partial charge on any atom is -0.0561 e. The van der Waals surface area contributed by atoms with E-state index in [0.717, 1.165) is 0 Å². The van der Waals surface area contributed by atoms with Crippen LogP contribution in [0.5, 0.6) is 0 Å². The van der Waals surface area contributed by atoms with Crippen molar-refractivity contribution < 1.29 is 0 Å². The van der Waals surface area contributed by atoms with Crippen LogP contribution < -0.4 is 0 Å². The van der Waals surface area contributed by atoms with E-state index in [1.807, 2.05) is 0 Å². The Balaban J connectivity index is 2.23. The lowest BCUT2D eigenvalue weighted by Gasteiger charge is -2.21. The van der Waals surface area contributed by atoms with Gasteiger partial charge in [-0.15, -0.1) is 0 Å². The van der Waals surface area contributed by atoms with Crippen LogP contribution in [-0.2, 0) is 5.41 Å². The quantitative estimate of drug-likeness (QED) is 0.335. The van der Waals surface area contributed by atoms with Gasteiger partial charge in [-0.2, -0.15) is 0 Å². The lowest BCUT2D eigenvalue weighted by Crippen LogP contribution is -2.10. The molecule has 0 aliphatic rings. The fourth-order valence-corrected chi connectivity index (χ4v) is 3.43. The summed E-state index contributed by atoms with van der Waals surface area (Å²) in [6.45, 7) is 9.02. The van der Waals surface area contributed by atoms with Crippen LogP contribution in [0, 0.1) is 6.92 Å². The molecule has 0 heteroatoms. The third kappa shape index (κ3) is 1.82. The molecule has 4 aromatic carbocycles. The fraction of sp³-hybridized carbons (Fsp3) is 0.238. The predicted octanol–water partition coefficient (Wildman–Crippen LogP) is 6.19. The van der Waals surface area contributed by atoms with Crippen molar-refractivity contribution in [2.75, 3.05) is 0 Å². The first kappa shape index (κ1) is 12.6. The second-order valence-corrected chi connectivity index (χ2v) is 7.26. The van der Waals surface area contributed by atoms with Gasteiger partial charge in [0, 0.05) is 0 Å². The molecule has 0 N–H and O–H groups in total. The number of aryl methyl sites for hydroxylation is 1. The van der Waals surface area contributed by atoms with Crippen molar-refractivity contribution in [3.05, 3.63) is 59.7 Å². The first-order valence-electron chi connectivity index (χ1n) is 7.63. The van der Waals surface area contributed by atoms with E-state index in [4.69, 9.17) is 0 Å². The van der Waals surface area contributed by atoms with Crippen molar-refractivity contribution >= 4 is 32.3 Å². The summed E-state index contributed by atoms with van der Waals surface area (Å²) >= 11 is 0. The summed E-state index contributed by atoms with van der Waals surface area (Å²) in [4.78, 5) is 0. The van der Waals surface area contributed by atoms with Crippen LogP contribution in [0.25, 0.3) is 32.3 Å². The predicted molar refractivity (Wildman–Crippen MR) is 93.6 cm³/mol. The Morgan fingerprint density at radius 2 is 1.00 bits per heavy atom. The van der Waals surface area contributed by atoms with Gasteiger partial charge in [-0.25, -0.2) is 0 Å². The van der Waals surface area contributed by atoms with Crippen molar-refractivity contribution in [2.24, 2.45) is 0 Å². The Labute approximate surface area is 125 Å². The van der Waals surface area contributed by atoms with Crippen LogP contribution in [0.1, 0.15) is 31.9 Å². The zero-order valence-electron chi connectivity index (χ0n) is 13.1. The summed E-state index contributed by atoms with van der Waals surface area (Å²) in [5.41, 5.74) is 2.92. The van der Waals surface area contributed by atoms with Crippen LogP contribution in [0.2, 0.25) is 0 Å². The van der Waals surface area contributed by atoms with E-state index in [1.165, 1.54) is 43.4 Å². The molecule has 0 aliphatic carbocycles. The molecule has 0 bridgehead atoms. The van der Waals surface area contributed by atoms with E-state index in [2.05, 4.69) is 76.2 Å². The Morgan fingerprint density at radius 3 is 1.38 bits per heavy atom. The van der Waals surface area contributed by atoms with Gasteiger partial charge in [0.15, 0.2) is 0 Å². The third-order valence-electron chi connectivity index (χ3n) is 4.54. The van der Waals surface area contributed by atoms with E-state index in [9.17, 15) is 0 Å². The van der Waals surface area contributed by atoms with Gasteiger partial charge in [-0.1, -0.05) is 69.3 Å². The van der Waals surface area contributed by atoms with Crippen LogP contribution in [-0.4, -0.2) is 0 Å². The number of benzene rings is 4. The van der Waals surface area contributed by atoms with Crippen molar-refractivity contribution in [3.63, 3.8) is 0 Å². The number of hydrogen-bond donors (Lipinski definition) is 0. The van der Waals surface area contributed by atoms with Gasteiger partial charge in [-0.3, -0.25) is 0 Å². The van der Waals surface area contributed by atoms with Gasteiger partial charge in [0.05, 0.1) is 0 Å². The van der Waals surface area contributed by atoms with Crippen molar-refractivity contribution in [3.8, 4) is 0 Å². The van der Waals surface area contributed by atoms with E-state index in [1.54, 1.807) is 0 Å². The van der Waals surface area contributed by atoms with Crippen molar-refractivity contribution in [1.82, 2.24) is 0 Å². The molecule has 4 rings (SSSR count). The smallest absolute Gasteiger partial charge is 0.00266 e. The van der Waals surface area contributed by atoms with Crippen LogP contribution in [0.3, 0.4) is 0 Å². The summed E-state index contributed by atoms with van der Waals surface area (Å²) in [6, 6.07) is 18.4. The normalized spacial score (nSPS) is 12.8. The molecule has 4 aromatic rings. The monoisotopic (exact) mass is 272 g/mol. The molecule has 0 amide bonds. The van der Waals surface area contributed by atoms with Gasteiger partial charge in [0.25, 0.3) is 0 Å². The highest BCUT2D eigenvalue weighted by atomic mass is 14.2. The van der Waals surface area contributed by atoms with Crippen molar-refractivity contribution in [2.45, 2.75) is 33.1 Å². The van der Waals surface area contributed by atoms with Crippen LogP contribution in [0.15, 0.2) is 48.5 Å². The molecule has 0 fully saturated rings. The lowest BCUT2D eigenvalue weighted by molar-refractivity contribution is 0.591. The molecule has 104 valence electrons. The SMILES string of the molecule is Cc1cc2ccc3cc(C(C)(C)C)cc4ccc(c1)c2c34. The Kier molecular flexibility index (Phi) is 2.39. The van der Waals surface area contributed by atoms with Gasteiger partial charge >= 0.3 is 0 Å². The molecule has 0 nitrogen and oxygen atoms in total. The summed E-state index contributed by atoms with van der Waals surface area (Å²) < 4.78 is 0. The zero-order valence-corrected chi connectivity index (χ0v) is 13.1. The fourth-order valence-electron chi connectivity index (χ4n) is 3.43. The first-order chi connectivity index (χ1) is 9.93. The van der Waals surface area contributed by atoms with E-state index < -0.39 is 0 Å². The highest BCUT2D eigenvalue weighted by Crippen LogP contribution is 2.37. The Bertz CT molecular complexity index is 901. The largest absolute Gasteiger partial charge is 0.0561 e. The molecule has 0 unspecified atom stereocenters. The molecule has 0 saturated carbocycles. The second-order valence-electron chi connectivity index (χ2n) is 7.26. The van der Waals surface area contributed by atoms with Gasteiger partial charge in [0.2, 0.25) is 0 Å². The van der Waals surface area contributed by atoms with Crippen molar-refractivity contribution in [1.29, 1.82) is 0 Å². The molecule has 0 saturated heterocycles.